The minimum absolute atomic E-state index is 0.0711. The third-order valence-electron chi connectivity index (χ3n) is 4.16. The number of oxazole rings is 1. The monoisotopic (exact) mass is 399 g/mol. The molecule has 0 saturated carbocycles. The predicted molar refractivity (Wildman–Crippen MR) is 99.3 cm³/mol. The largest absolute Gasteiger partial charge is 0.495 e. The lowest BCUT2D eigenvalue weighted by Crippen LogP contribution is -2.30. The molecule has 2 aromatic heterocycles. The van der Waals surface area contributed by atoms with Crippen molar-refractivity contribution >= 4 is 17.6 Å². The van der Waals surface area contributed by atoms with Gasteiger partial charge in [-0.15, -0.1) is 0 Å². The van der Waals surface area contributed by atoms with Crippen LogP contribution in [0.3, 0.4) is 0 Å². The molecule has 28 heavy (non-hydrogen) atoms. The lowest BCUT2D eigenvalue weighted by molar-refractivity contribution is -0.141. The molecular formula is C19H14ClN3O5. The molecule has 2 heterocycles. The van der Waals surface area contributed by atoms with E-state index in [9.17, 15) is 20.0 Å². The molecule has 1 atom stereocenters. The van der Waals surface area contributed by atoms with Crippen LogP contribution in [0.5, 0.6) is 5.75 Å². The number of ether oxygens (including phenoxy) is 1. The Morgan fingerprint density at radius 3 is 2.82 bits per heavy atom. The van der Waals surface area contributed by atoms with Crippen LogP contribution in [0, 0.1) is 11.3 Å². The maximum absolute atomic E-state index is 12.7. The SMILES string of the molecule is COc1cn(C(Cc2cnco2)C(=O)O)c(=O)cc1-c1cc(Cl)ccc1C#N. The number of carboxylic acids is 1. The molecule has 9 heteroatoms. The molecule has 0 aliphatic carbocycles. The number of pyridine rings is 1. The highest BCUT2D eigenvalue weighted by Gasteiger charge is 2.25. The summed E-state index contributed by atoms with van der Waals surface area (Å²) in [6.07, 6.45) is 3.80. The lowest BCUT2D eigenvalue weighted by Gasteiger charge is -2.18. The zero-order valence-electron chi connectivity index (χ0n) is 14.6. The maximum Gasteiger partial charge on any atom is 0.327 e. The van der Waals surface area contributed by atoms with Crippen molar-refractivity contribution in [2.24, 2.45) is 0 Å². The summed E-state index contributed by atoms with van der Waals surface area (Å²) < 4.78 is 11.5. The third kappa shape index (κ3) is 3.75. The topological polar surface area (TPSA) is 118 Å². The minimum Gasteiger partial charge on any atom is -0.495 e. The maximum atomic E-state index is 12.7. The predicted octanol–water partition coefficient (Wildman–Crippen LogP) is 2.91. The summed E-state index contributed by atoms with van der Waals surface area (Å²) in [6.45, 7) is 0. The molecule has 142 valence electrons. The van der Waals surface area contributed by atoms with Crippen molar-refractivity contribution in [1.29, 1.82) is 5.26 Å². The summed E-state index contributed by atoms with van der Waals surface area (Å²) in [4.78, 5) is 28.2. The van der Waals surface area contributed by atoms with E-state index in [1.54, 1.807) is 12.1 Å². The molecule has 0 spiro atoms. The van der Waals surface area contributed by atoms with Gasteiger partial charge in [-0.05, 0) is 18.2 Å². The summed E-state index contributed by atoms with van der Waals surface area (Å²) in [5, 5.41) is 19.3. The van der Waals surface area contributed by atoms with Gasteiger partial charge in [-0.25, -0.2) is 9.78 Å². The Hall–Kier alpha value is -3.57. The average molecular weight is 400 g/mol. The van der Waals surface area contributed by atoms with Crippen LogP contribution in [-0.4, -0.2) is 27.7 Å². The molecule has 1 unspecified atom stereocenters. The highest BCUT2D eigenvalue weighted by Crippen LogP contribution is 2.33. The first-order chi connectivity index (χ1) is 13.4. The van der Waals surface area contributed by atoms with Crippen molar-refractivity contribution in [3.05, 3.63) is 69.8 Å². The van der Waals surface area contributed by atoms with Gasteiger partial charge in [0, 0.05) is 28.6 Å². The quantitative estimate of drug-likeness (QED) is 0.676. The van der Waals surface area contributed by atoms with Crippen molar-refractivity contribution in [3.8, 4) is 22.9 Å². The molecule has 0 radical (unpaired) electrons. The molecule has 0 fully saturated rings. The number of aliphatic carboxylic acids is 1. The number of carboxylic acid groups (broad SMARTS) is 1. The number of nitrogens with zero attached hydrogens (tertiary/aromatic N) is 3. The second-order valence-electron chi connectivity index (χ2n) is 5.83. The molecule has 0 saturated heterocycles. The van der Waals surface area contributed by atoms with Crippen LogP contribution in [0.4, 0.5) is 0 Å². The van der Waals surface area contributed by atoms with Crippen LogP contribution in [0.15, 0.2) is 52.3 Å². The fraction of sp³-hybridized carbons (Fsp3) is 0.158. The van der Waals surface area contributed by atoms with E-state index in [0.29, 0.717) is 27.5 Å². The number of hydrogen-bond donors (Lipinski definition) is 1. The molecule has 0 aliphatic heterocycles. The van der Waals surface area contributed by atoms with Crippen LogP contribution in [0.1, 0.15) is 17.4 Å². The van der Waals surface area contributed by atoms with E-state index in [2.05, 4.69) is 4.98 Å². The normalized spacial score (nSPS) is 11.6. The van der Waals surface area contributed by atoms with Crippen LogP contribution in [0.25, 0.3) is 11.1 Å². The molecule has 0 bridgehead atoms. The number of benzene rings is 1. The Morgan fingerprint density at radius 2 is 2.21 bits per heavy atom. The summed E-state index contributed by atoms with van der Waals surface area (Å²) in [5.41, 5.74) is 0.479. The average Bonchev–Trinajstić information content (AvgIpc) is 3.19. The molecule has 8 nitrogen and oxygen atoms in total. The van der Waals surface area contributed by atoms with Crippen molar-refractivity contribution in [2.75, 3.05) is 7.11 Å². The molecule has 0 aliphatic rings. The highest BCUT2D eigenvalue weighted by atomic mass is 35.5. The first kappa shape index (κ1) is 19.2. The number of aromatic nitrogens is 2. The van der Waals surface area contributed by atoms with Crippen LogP contribution in [-0.2, 0) is 11.2 Å². The van der Waals surface area contributed by atoms with E-state index in [0.717, 1.165) is 4.57 Å². The van der Waals surface area contributed by atoms with E-state index in [1.165, 1.54) is 38.0 Å². The Bertz CT molecular complexity index is 1120. The van der Waals surface area contributed by atoms with E-state index < -0.39 is 17.6 Å². The van der Waals surface area contributed by atoms with Gasteiger partial charge in [-0.3, -0.25) is 9.36 Å². The van der Waals surface area contributed by atoms with Crippen LogP contribution in [0.2, 0.25) is 5.02 Å². The van der Waals surface area contributed by atoms with E-state index >= 15 is 0 Å². The molecule has 0 amide bonds. The molecule has 3 aromatic rings. The van der Waals surface area contributed by atoms with Crippen molar-refractivity contribution in [2.45, 2.75) is 12.5 Å². The Kier molecular flexibility index (Phi) is 5.47. The number of halogens is 1. The van der Waals surface area contributed by atoms with E-state index in [1.807, 2.05) is 6.07 Å². The number of rotatable bonds is 6. The van der Waals surface area contributed by atoms with Gasteiger partial charge >= 0.3 is 5.97 Å². The van der Waals surface area contributed by atoms with Gasteiger partial charge in [0.2, 0.25) is 0 Å². The summed E-state index contributed by atoms with van der Waals surface area (Å²) in [5.74, 6) is -0.667. The van der Waals surface area contributed by atoms with Crippen molar-refractivity contribution < 1.29 is 19.1 Å². The van der Waals surface area contributed by atoms with E-state index in [-0.39, 0.29) is 12.2 Å². The molecule has 3 rings (SSSR count). The van der Waals surface area contributed by atoms with Crippen LogP contribution >= 0.6 is 11.6 Å². The smallest absolute Gasteiger partial charge is 0.327 e. The first-order valence-electron chi connectivity index (χ1n) is 8.05. The van der Waals surface area contributed by atoms with Gasteiger partial charge in [0.05, 0.1) is 31.1 Å². The number of carbonyl (C=O) groups is 1. The zero-order chi connectivity index (χ0) is 20.3. The minimum atomic E-state index is -1.22. The Morgan fingerprint density at radius 1 is 1.43 bits per heavy atom. The molecule has 1 aromatic carbocycles. The molecular weight excluding hydrogens is 386 g/mol. The Labute approximate surface area is 164 Å². The van der Waals surface area contributed by atoms with Crippen molar-refractivity contribution in [3.63, 3.8) is 0 Å². The fourth-order valence-electron chi connectivity index (χ4n) is 2.82. The summed E-state index contributed by atoms with van der Waals surface area (Å²) in [6, 6.07) is 6.69. The number of nitriles is 1. The summed E-state index contributed by atoms with van der Waals surface area (Å²) >= 11 is 6.03. The number of methoxy groups -OCH3 is 1. The van der Waals surface area contributed by atoms with Gasteiger partial charge in [-0.2, -0.15) is 5.26 Å². The standard InChI is InChI=1S/C19H14ClN3O5/c1-27-17-9-23(16(19(25)26)5-13-8-22-10-28-13)18(24)6-15(17)14-4-12(20)3-2-11(14)7-21/h2-4,6,8-10,16H,5H2,1H3,(H,25,26). The van der Waals surface area contributed by atoms with Gasteiger partial charge < -0.3 is 14.3 Å². The van der Waals surface area contributed by atoms with Gasteiger partial charge in [0.25, 0.3) is 5.56 Å². The third-order valence-corrected chi connectivity index (χ3v) is 4.39. The highest BCUT2D eigenvalue weighted by molar-refractivity contribution is 6.31. The first-order valence-corrected chi connectivity index (χ1v) is 8.42. The second kappa shape index (κ2) is 7.98. The lowest BCUT2D eigenvalue weighted by atomic mass is 10.00. The van der Waals surface area contributed by atoms with Gasteiger partial charge in [0.1, 0.15) is 17.6 Å². The summed E-state index contributed by atoms with van der Waals surface area (Å²) in [7, 11) is 1.39. The van der Waals surface area contributed by atoms with Crippen LogP contribution < -0.4 is 10.3 Å². The second-order valence-corrected chi connectivity index (χ2v) is 6.27. The van der Waals surface area contributed by atoms with Gasteiger partial charge in [-0.1, -0.05) is 11.6 Å². The molecule has 1 N–H and O–H groups in total. The van der Waals surface area contributed by atoms with E-state index in [4.69, 9.17) is 20.8 Å². The van der Waals surface area contributed by atoms with Gasteiger partial charge in [0.15, 0.2) is 6.39 Å². The Balaban J connectivity index is 2.14. The zero-order valence-corrected chi connectivity index (χ0v) is 15.4. The number of hydrogen-bond acceptors (Lipinski definition) is 6. The fourth-order valence-corrected chi connectivity index (χ4v) is 2.99. The van der Waals surface area contributed by atoms with Crippen molar-refractivity contribution in [1.82, 2.24) is 9.55 Å².